The van der Waals surface area contributed by atoms with Crippen molar-refractivity contribution in [2.24, 2.45) is 5.73 Å². The van der Waals surface area contributed by atoms with E-state index in [1.807, 2.05) is 0 Å². The normalized spacial score (nSPS) is 12.4. The zero-order valence-electron chi connectivity index (χ0n) is 13.3. The maximum Gasteiger partial charge on any atom is 0.407 e. The predicted octanol–water partition coefficient (Wildman–Crippen LogP) is 3.19. The van der Waals surface area contributed by atoms with Crippen LogP contribution >= 0.6 is 0 Å². The summed E-state index contributed by atoms with van der Waals surface area (Å²) in [5, 5.41) is 9.93. The highest BCUT2D eigenvalue weighted by molar-refractivity contribution is 6.09. The molecule has 1 aromatic rings. The molecule has 0 radical (unpaired) electrons. The van der Waals surface area contributed by atoms with Gasteiger partial charge in [-0.15, -0.1) is 0 Å². The molecule has 0 aromatic heterocycles. The summed E-state index contributed by atoms with van der Waals surface area (Å²) in [4.78, 5) is 11.6. The van der Waals surface area contributed by atoms with Gasteiger partial charge in [0.05, 0.1) is 0 Å². The fourth-order valence-electron chi connectivity index (χ4n) is 1.82. The summed E-state index contributed by atoms with van der Waals surface area (Å²) in [7, 11) is 0. The highest BCUT2D eigenvalue weighted by atomic mass is 19.1. The van der Waals surface area contributed by atoms with Crippen LogP contribution in [0.2, 0.25) is 0 Å². The number of halogens is 1. The van der Waals surface area contributed by atoms with Gasteiger partial charge in [0.15, 0.2) is 0 Å². The van der Waals surface area contributed by atoms with E-state index in [-0.39, 0.29) is 6.54 Å². The number of carbonyl (C=O) groups excluding carboxylic acids is 1. The van der Waals surface area contributed by atoms with Crippen LogP contribution in [0.4, 0.5) is 9.18 Å². The summed E-state index contributed by atoms with van der Waals surface area (Å²) in [6, 6.07) is 4.29. The molecular formula is C16H22FN3O2. The monoisotopic (exact) mass is 307 g/mol. The molecule has 4 N–H and O–H groups in total. The van der Waals surface area contributed by atoms with E-state index >= 15 is 0 Å². The number of nitrogens with one attached hydrogen (secondary N) is 2. The van der Waals surface area contributed by atoms with Gasteiger partial charge in [0.25, 0.3) is 0 Å². The minimum absolute atomic E-state index is 0.120. The number of nitrogens with two attached hydrogens (primary N) is 1. The second kappa shape index (κ2) is 7.06. The first kappa shape index (κ1) is 17.7. The van der Waals surface area contributed by atoms with Crippen LogP contribution in [0.25, 0.3) is 5.57 Å². The Bertz CT molecular complexity index is 600. The number of ether oxygens (including phenoxy) is 1. The average molecular weight is 307 g/mol. The Kier molecular flexibility index (Phi) is 5.68. The van der Waals surface area contributed by atoms with Crippen LogP contribution in [0.5, 0.6) is 0 Å². The number of hydrogen-bond donors (Lipinski definition) is 3. The zero-order valence-corrected chi connectivity index (χ0v) is 13.3. The first-order valence-electron chi connectivity index (χ1n) is 6.86. The number of hydrogen-bond acceptors (Lipinski definition) is 4. The summed E-state index contributed by atoms with van der Waals surface area (Å²) < 4.78 is 18.8. The van der Waals surface area contributed by atoms with E-state index in [1.54, 1.807) is 33.8 Å². The van der Waals surface area contributed by atoms with Crippen LogP contribution in [-0.4, -0.2) is 17.9 Å². The van der Waals surface area contributed by atoms with Gasteiger partial charge in [-0.1, -0.05) is 0 Å². The summed E-state index contributed by atoms with van der Waals surface area (Å²) >= 11 is 0. The van der Waals surface area contributed by atoms with Crippen molar-refractivity contribution in [3.05, 3.63) is 40.8 Å². The summed E-state index contributed by atoms with van der Waals surface area (Å²) in [6.45, 7) is 7.05. The lowest BCUT2D eigenvalue weighted by Gasteiger charge is -2.19. The van der Waals surface area contributed by atoms with Crippen molar-refractivity contribution in [3.8, 4) is 0 Å². The molecule has 1 rings (SSSR count). The fraction of sp³-hybridized carbons (Fsp3) is 0.375. The SMILES string of the molecule is CC(N)=C(C=N)c1cc(F)cc(CNC(=O)OC(C)(C)C)c1. The second-order valence-electron chi connectivity index (χ2n) is 5.94. The van der Waals surface area contributed by atoms with Gasteiger partial charge < -0.3 is 21.2 Å². The van der Waals surface area contributed by atoms with E-state index in [1.165, 1.54) is 12.1 Å². The van der Waals surface area contributed by atoms with Crippen molar-refractivity contribution >= 4 is 17.9 Å². The number of allylic oxidation sites excluding steroid dienone is 2. The number of rotatable bonds is 4. The van der Waals surface area contributed by atoms with Crippen LogP contribution in [0, 0.1) is 11.2 Å². The zero-order chi connectivity index (χ0) is 16.9. The second-order valence-corrected chi connectivity index (χ2v) is 5.94. The van der Waals surface area contributed by atoms with Crippen LogP contribution in [0.3, 0.4) is 0 Å². The molecule has 22 heavy (non-hydrogen) atoms. The smallest absolute Gasteiger partial charge is 0.407 e. The van der Waals surface area contributed by atoms with Gasteiger partial charge in [0.1, 0.15) is 11.4 Å². The Morgan fingerprint density at radius 1 is 1.41 bits per heavy atom. The lowest BCUT2D eigenvalue weighted by Crippen LogP contribution is -2.32. The van der Waals surface area contributed by atoms with Crippen molar-refractivity contribution in [2.45, 2.75) is 39.8 Å². The first-order valence-corrected chi connectivity index (χ1v) is 6.86. The molecule has 0 fully saturated rings. The molecule has 0 saturated heterocycles. The van der Waals surface area contributed by atoms with Crippen LogP contribution in [0.1, 0.15) is 38.8 Å². The van der Waals surface area contributed by atoms with Crippen molar-refractivity contribution in [3.63, 3.8) is 0 Å². The third-order valence-corrected chi connectivity index (χ3v) is 2.67. The molecule has 120 valence electrons. The molecular weight excluding hydrogens is 285 g/mol. The van der Waals surface area contributed by atoms with Gasteiger partial charge in [-0.05, 0) is 57.0 Å². The highest BCUT2D eigenvalue weighted by Gasteiger charge is 2.16. The van der Waals surface area contributed by atoms with Gasteiger partial charge in [-0.2, -0.15) is 0 Å². The van der Waals surface area contributed by atoms with E-state index in [0.717, 1.165) is 6.21 Å². The Labute approximate surface area is 129 Å². The molecule has 0 unspecified atom stereocenters. The maximum absolute atomic E-state index is 13.7. The Balaban J connectivity index is 2.89. The Morgan fingerprint density at radius 2 is 2.05 bits per heavy atom. The molecule has 0 aliphatic rings. The summed E-state index contributed by atoms with van der Waals surface area (Å²) in [5.74, 6) is -0.459. The molecule has 1 aromatic carbocycles. The Morgan fingerprint density at radius 3 is 2.55 bits per heavy atom. The van der Waals surface area contributed by atoms with E-state index in [0.29, 0.717) is 22.4 Å². The predicted molar refractivity (Wildman–Crippen MR) is 85.0 cm³/mol. The average Bonchev–Trinajstić information content (AvgIpc) is 2.34. The Hall–Kier alpha value is -2.37. The number of carbonyl (C=O) groups is 1. The van der Waals surface area contributed by atoms with Crippen molar-refractivity contribution < 1.29 is 13.9 Å². The van der Waals surface area contributed by atoms with Crippen molar-refractivity contribution in [1.82, 2.24) is 5.32 Å². The molecule has 1 amide bonds. The fourth-order valence-corrected chi connectivity index (χ4v) is 1.82. The maximum atomic E-state index is 13.7. The molecule has 0 aliphatic carbocycles. The van der Waals surface area contributed by atoms with Crippen molar-refractivity contribution in [1.29, 1.82) is 5.41 Å². The van der Waals surface area contributed by atoms with Crippen LogP contribution in [-0.2, 0) is 11.3 Å². The van der Waals surface area contributed by atoms with E-state index < -0.39 is 17.5 Å². The molecule has 0 bridgehead atoms. The number of alkyl carbamates (subject to hydrolysis) is 1. The lowest BCUT2D eigenvalue weighted by molar-refractivity contribution is 0.0523. The van der Waals surface area contributed by atoms with Gasteiger partial charge in [0.2, 0.25) is 0 Å². The quantitative estimate of drug-likeness (QED) is 0.746. The van der Waals surface area contributed by atoms with Gasteiger partial charge in [-0.25, -0.2) is 9.18 Å². The van der Waals surface area contributed by atoms with Crippen molar-refractivity contribution in [2.75, 3.05) is 0 Å². The van der Waals surface area contributed by atoms with Crippen LogP contribution in [0.15, 0.2) is 23.9 Å². The van der Waals surface area contributed by atoms with Gasteiger partial charge in [0, 0.05) is 24.0 Å². The van der Waals surface area contributed by atoms with E-state index in [9.17, 15) is 9.18 Å². The minimum atomic E-state index is -0.593. The molecule has 0 spiro atoms. The molecule has 0 heterocycles. The molecule has 6 heteroatoms. The highest BCUT2D eigenvalue weighted by Crippen LogP contribution is 2.18. The molecule has 5 nitrogen and oxygen atoms in total. The minimum Gasteiger partial charge on any atom is -0.444 e. The number of benzene rings is 1. The molecule has 0 saturated carbocycles. The third kappa shape index (κ3) is 5.55. The molecule has 0 atom stereocenters. The van der Waals surface area contributed by atoms with E-state index in [2.05, 4.69) is 5.32 Å². The van der Waals surface area contributed by atoms with Crippen LogP contribution < -0.4 is 11.1 Å². The summed E-state index contributed by atoms with van der Waals surface area (Å²) in [6.07, 6.45) is 0.506. The topological polar surface area (TPSA) is 88.2 Å². The third-order valence-electron chi connectivity index (χ3n) is 2.67. The van der Waals surface area contributed by atoms with Gasteiger partial charge in [-0.3, -0.25) is 0 Å². The van der Waals surface area contributed by atoms with E-state index in [4.69, 9.17) is 15.9 Å². The lowest BCUT2D eigenvalue weighted by atomic mass is 10.0. The summed E-state index contributed by atoms with van der Waals surface area (Å²) in [5.41, 5.74) is 7.01. The largest absolute Gasteiger partial charge is 0.444 e. The number of amides is 1. The molecule has 0 aliphatic heterocycles. The first-order chi connectivity index (χ1) is 10.1. The standard InChI is InChI=1S/C16H22FN3O2/c1-10(19)14(8-18)12-5-11(6-13(17)7-12)9-20-15(21)22-16(2,3)4/h5-8,18H,9,19H2,1-4H3,(H,20,21). The van der Waals surface area contributed by atoms with Gasteiger partial charge >= 0.3 is 6.09 Å².